The molecule has 4 rings (SSSR count). The smallest absolute Gasteiger partial charge is 0.368 e. The van der Waals surface area contributed by atoms with Gasteiger partial charge in [0, 0.05) is 56.4 Å². The fourth-order valence-electron chi connectivity index (χ4n) is 5.04. The van der Waals surface area contributed by atoms with Crippen LogP contribution in [0.1, 0.15) is 35.2 Å². The average Bonchev–Trinajstić information content (AvgIpc) is 3.44. The third-order valence-corrected chi connectivity index (χ3v) is 7.55. The Bertz CT molecular complexity index is 1340. The number of anilines is 2. The van der Waals surface area contributed by atoms with Crippen molar-refractivity contribution in [3.63, 3.8) is 0 Å². The Morgan fingerprint density at radius 3 is 2.38 bits per heavy atom. The highest BCUT2D eigenvalue weighted by Crippen LogP contribution is 2.31. The number of rotatable bonds is 8. The summed E-state index contributed by atoms with van der Waals surface area (Å²) in [7, 11) is 0. The number of amides is 4. The van der Waals surface area contributed by atoms with E-state index in [1.165, 1.54) is 23.1 Å². The van der Waals surface area contributed by atoms with Gasteiger partial charge in [0.1, 0.15) is 6.04 Å². The molecule has 2 aliphatic rings. The Balaban J connectivity index is 1.41. The predicted octanol–water partition coefficient (Wildman–Crippen LogP) is 4.10. The molecule has 2 saturated heterocycles. The molecule has 0 radical (unpaired) electrons. The molecule has 2 heterocycles. The van der Waals surface area contributed by atoms with Crippen molar-refractivity contribution in [3.8, 4) is 0 Å². The number of carbonyl (C=O) groups is 3. The van der Waals surface area contributed by atoms with E-state index in [2.05, 4.69) is 10.6 Å². The number of nitrogens with zero attached hydrogens (tertiary/aromatic N) is 3. The molecule has 2 fully saturated rings. The van der Waals surface area contributed by atoms with Crippen LogP contribution in [0.25, 0.3) is 0 Å². The van der Waals surface area contributed by atoms with Crippen molar-refractivity contribution in [2.45, 2.75) is 38.0 Å². The van der Waals surface area contributed by atoms with Gasteiger partial charge in [-0.2, -0.15) is 13.2 Å². The van der Waals surface area contributed by atoms with Gasteiger partial charge in [-0.05, 0) is 37.1 Å². The summed E-state index contributed by atoms with van der Waals surface area (Å²) in [6.45, 7) is 1.23. The lowest BCUT2D eigenvalue weighted by Crippen LogP contribution is -2.48. The zero-order valence-electron chi connectivity index (χ0n) is 22.4. The van der Waals surface area contributed by atoms with Gasteiger partial charge >= 0.3 is 12.2 Å². The quantitative estimate of drug-likeness (QED) is 0.387. The molecule has 0 spiro atoms. The summed E-state index contributed by atoms with van der Waals surface area (Å²) in [5.74, 6) is -4.32. The van der Waals surface area contributed by atoms with E-state index >= 15 is 0 Å². The minimum atomic E-state index is -4.24. The van der Waals surface area contributed by atoms with Gasteiger partial charge in [-0.1, -0.05) is 17.7 Å². The van der Waals surface area contributed by atoms with Crippen molar-refractivity contribution >= 4 is 40.8 Å². The molecule has 2 aromatic carbocycles. The highest BCUT2D eigenvalue weighted by molar-refractivity contribution is 6.31. The van der Waals surface area contributed by atoms with E-state index in [4.69, 9.17) is 17.3 Å². The normalized spacial score (nSPS) is 17.8. The standard InChI is InChI=1S/C27H30ClF5N6O3/c28-17-4-6-19(21(14-17)38-12-10-37(11-13-38)9-7-27(31,32)33)36-25(41)18-5-3-16(22(29)23(18)30)15-35-26(42)39-8-1-2-20(39)24(34)40/h3-6,14,20H,1-2,7-13,15H2,(H2,34,40)(H,35,42)(H,36,41)/t20-/m0/s1. The molecular formula is C27H30ClF5N6O3. The van der Waals surface area contributed by atoms with Crippen molar-refractivity contribution in [1.82, 2.24) is 15.1 Å². The molecule has 228 valence electrons. The maximum atomic E-state index is 15.0. The summed E-state index contributed by atoms with van der Waals surface area (Å²) in [6.07, 6.45) is -4.15. The van der Waals surface area contributed by atoms with Gasteiger partial charge in [0.25, 0.3) is 5.91 Å². The second-order valence-corrected chi connectivity index (χ2v) is 10.6. The van der Waals surface area contributed by atoms with E-state index in [0.717, 1.165) is 6.07 Å². The van der Waals surface area contributed by atoms with Crippen LogP contribution >= 0.6 is 11.6 Å². The Hall–Kier alpha value is -3.65. The summed E-state index contributed by atoms with van der Waals surface area (Å²) < 4.78 is 67.6. The first-order chi connectivity index (χ1) is 19.8. The number of urea groups is 1. The van der Waals surface area contributed by atoms with Crippen LogP contribution in [0.15, 0.2) is 30.3 Å². The van der Waals surface area contributed by atoms with E-state index in [-0.39, 0.29) is 24.3 Å². The minimum absolute atomic E-state index is 0.118. The van der Waals surface area contributed by atoms with Gasteiger partial charge < -0.3 is 26.2 Å². The predicted molar refractivity (Wildman–Crippen MR) is 146 cm³/mol. The monoisotopic (exact) mass is 616 g/mol. The lowest BCUT2D eigenvalue weighted by atomic mass is 10.1. The number of nitrogens with one attached hydrogen (secondary N) is 2. The van der Waals surface area contributed by atoms with Crippen molar-refractivity contribution in [2.24, 2.45) is 5.73 Å². The molecule has 0 aliphatic carbocycles. The Kier molecular flexibility index (Phi) is 9.77. The van der Waals surface area contributed by atoms with Crippen molar-refractivity contribution in [1.29, 1.82) is 0 Å². The highest BCUT2D eigenvalue weighted by atomic mass is 35.5. The molecule has 42 heavy (non-hydrogen) atoms. The number of piperazine rings is 1. The lowest BCUT2D eigenvalue weighted by molar-refractivity contribution is -0.138. The van der Waals surface area contributed by atoms with E-state index in [1.807, 2.05) is 4.90 Å². The minimum Gasteiger partial charge on any atom is -0.368 e. The number of alkyl halides is 3. The summed E-state index contributed by atoms with van der Waals surface area (Å²) in [5, 5.41) is 5.36. The SMILES string of the molecule is NC(=O)[C@@H]1CCCN1C(=O)NCc1ccc(C(=O)Nc2ccc(Cl)cc2N2CCN(CCC(F)(F)F)CC2)c(F)c1F. The van der Waals surface area contributed by atoms with Gasteiger partial charge in [-0.3, -0.25) is 14.5 Å². The Labute approximate surface area is 243 Å². The van der Waals surface area contributed by atoms with Gasteiger partial charge in [0.15, 0.2) is 11.6 Å². The summed E-state index contributed by atoms with van der Waals surface area (Å²) in [4.78, 5) is 41.7. The topological polar surface area (TPSA) is 111 Å². The third kappa shape index (κ3) is 7.59. The molecule has 15 heteroatoms. The second-order valence-electron chi connectivity index (χ2n) is 10.1. The molecule has 9 nitrogen and oxygen atoms in total. The van der Waals surface area contributed by atoms with Crippen LogP contribution in [0.3, 0.4) is 0 Å². The van der Waals surface area contributed by atoms with Crippen molar-refractivity contribution < 1.29 is 36.3 Å². The number of benzene rings is 2. The zero-order chi connectivity index (χ0) is 30.6. The molecule has 4 N–H and O–H groups in total. The van der Waals surface area contributed by atoms with Crippen LogP contribution in [0, 0.1) is 11.6 Å². The van der Waals surface area contributed by atoms with Gasteiger partial charge in [0.2, 0.25) is 5.91 Å². The molecule has 2 aliphatic heterocycles. The number of likely N-dealkylation sites (tertiary alicyclic amines) is 1. The number of hydrogen-bond acceptors (Lipinski definition) is 5. The first-order valence-corrected chi connectivity index (χ1v) is 13.7. The Morgan fingerprint density at radius 1 is 1.00 bits per heavy atom. The van der Waals surface area contributed by atoms with Crippen LogP contribution in [0.2, 0.25) is 5.02 Å². The molecule has 0 unspecified atom stereocenters. The molecule has 0 bridgehead atoms. The Morgan fingerprint density at radius 2 is 1.71 bits per heavy atom. The van der Waals surface area contributed by atoms with Gasteiger partial charge in [-0.25, -0.2) is 13.6 Å². The average molecular weight is 617 g/mol. The third-order valence-electron chi connectivity index (χ3n) is 7.31. The summed E-state index contributed by atoms with van der Waals surface area (Å²) in [5.41, 5.74) is 5.28. The van der Waals surface area contributed by atoms with Crippen LogP contribution in [0.4, 0.5) is 38.1 Å². The number of nitrogens with two attached hydrogens (primary N) is 1. The molecule has 0 saturated carbocycles. The molecule has 4 amide bonds. The maximum Gasteiger partial charge on any atom is 0.390 e. The number of primary amides is 1. The number of hydrogen-bond donors (Lipinski definition) is 3. The fourth-order valence-corrected chi connectivity index (χ4v) is 5.20. The zero-order valence-corrected chi connectivity index (χ0v) is 23.2. The highest BCUT2D eigenvalue weighted by Gasteiger charge is 2.33. The molecule has 1 atom stereocenters. The number of halogens is 6. The van der Waals surface area contributed by atoms with Crippen LogP contribution in [-0.4, -0.2) is 79.1 Å². The summed E-state index contributed by atoms with van der Waals surface area (Å²) >= 11 is 6.16. The van der Waals surface area contributed by atoms with Gasteiger partial charge in [-0.15, -0.1) is 0 Å². The fraction of sp³-hybridized carbons (Fsp3) is 0.444. The second kappa shape index (κ2) is 13.1. The molecule has 2 aromatic rings. The maximum absolute atomic E-state index is 15.0. The van der Waals surface area contributed by atoms with Crippen molar-refractivity contribution in [3.05, 3.63) is 58.1 Å². The largest absolute Gasteiger partial charge is 0.390 e. The van der Waals surface area contributed by atoms with Gasteiger partial charge in [0.05, 0.1) is 23.4 Å². The number of carbonyl (C=O) groups excluding carboxylic acids is 3. The van der Waals surface area contributed by atoms with E-state index in [1.54, 1.807) is 11.0 Å². The van der Waals surface area contributed by atoms with E-state index in [0.29, 0.717) is 56.3 Å². The first kappa shape index (κ1) is 31.3. The first-order valence-electron chi connectivity index (χ1n) is 13.3. The van der Waals surface area contributed by atoms with Crippen LogP contribution in [0.5, 0.6) is 0 Å². The molecular weight excluding hydrogens is 587 g/mol. The molecule has 0 aromatic heterocycles. The van der Waals surface area contributed by atoms with Crippen LogP contribution < -0.4 is 21.3 Å². The van der Waals surface area contributed by atoms with E-state index < -0.39 is 53.7 Å². The lowest BCUT2D eigenvalue weighted by Gasteiger charge is -2.37. The van der Waals surface area contributed by atoms with Crippen molar-refractivity contribution in [2.75, 3.05) is 49.5 Å². The van der Waals surface area contributed by atoms with Crippen LogP contribution in [-0.2, 0) is 11.3 Å². The van der Waals surface area contributed by atoms with E-state index in [9.17, 15) is 36.3 Å². The summed E-state index contributed by atoms with van der Waals surface area (Å²) in [6, 6.07) is 5.43.